The Morgan fingerprint density at radius 2 is 1.00 bits per heavy atom. The van der Waals surface area contributed by atoms with Crippen LogP contribution in [-0.4, -0.2) is 70.0 Å². The minimum atomic E-state index is -4.63. The normalized spacial score (nSPS) is 14.1. The van der Waals surface area contributed by atoms with Crippen molar-refractivity contribution in [2.45, 2.75) is 180 Å². The third kappa shape index (κ3) is 43.1. The molecule has 0 N–H and O–H groups in total. The van der Waals surface area contributed by atoms with E-state index in [0.717, 1.165) is 77.0 Å². The average Bonchev–Trinajstić information content (AvgIpc) is 3.16. The van der Waals surface area contributed by atoms with Gasteiger partial charge in [0.15, 0.2) is 6.10 Å². The van der Waals surface area contributed by atoms with Gasteiger partial charge in [-0.25, -0.2) is 0 Å². The summed E-state index contributed by atoms with van der Waals surface area (Å²) in [5.41, 5.74) is 0. The summed E-state index contributed by atoms with van der Waals surface area (Å²) >= 11 is 0. The van der Waals surface area contributed by atoms with Crippen LogP contribution in [0.1, 0.15) is 174 Å². The first-order valence-corrected chi connectivity index (χ1v) is 24.0. The number of hydrogen-bond acceptors (Lipinski definition) is 8. The van der Waals surface area contributed by atoms with Crippen molar-refractivity contribution in [1.82, 2.24) is 0 Å². The molecule has 0 aromatic rings. The zero-order valence-electron chi connectivity index (χ0n) is 37.0. The fourth-order valence-corrected chi connectivity index (χ4v) is 6.53. The molecule has 0 aromatic carbocycles. The molecule has 0 heterocycles. The summed E-state index contributed by atoms with van der Waals surface area (Å²) in [4.78, 5) is 37.5. The lowest BCUT2D eigenvalue weighted by molar-refractivity contribution is -0.870. The molecular formula is C47H84NO8P. The van der Waals surface area contributed by atoms with E-state index in [9.17, 15) is 19.0 Å². The van der Waals surface area contributed by atoms with Crippen LogP contribution in [0.2, 0.25) is 0 Å². The number of likely N-dealkylation sites (N-methyl/N-ethyl adjacent to an activating group) is 1. The summed E-state index contributed by atoms with van der Waals surface area (Å²) in [7, 11) is 1.15. The molecule has 2 atom stereocenters. The molecule has 0 aliphatic rings. The Hall–Kier alpha value is -2.29. The first kappa shape index (κ1) is 54.7. The summed E-state index contributed by atoms with van der Waals surface area (Å²) in [5.74, 6) is -0.851. The number of phosphoric acid groups is 1. The highest BCUT2D eigenvalue weighted by Gasteiger charge is 2.21. The van der Waals surface area contributed by atoms with Gasteiger partial charge in [-0.05, 0) is 57.8 Å². The molecule has 10 heteroatoms. The van der Waals surface area contributed by atoms with Crippen LogP contribution >= 0.6 is 7.82 Å². The molecule has 0 rings (SSSR count). The first-order chi connectivity index (χ1) is 27.5. The Morgan fingerprint density at radius 3 is 1.49 bits per heavy atom. The maximum absolute atomic E-state index is 12.7. The summed E-state index contributed by atoms with van der Waals surface area (Å²) < 4.78 is 33.9. The van der Waals surface area contributed by atoms with Gasteiger partial charge in [-0.15, -0.1) is 0 Å². The lowest BCUT2D eigenvalue weighted by Gasteiger charge is -2.28. The van der Waals surface area contributed by atoms with Crippen molar-refractivity contribution in [3.63, 3.8) is 0 Å². The molecule has 0 aliphatic heterocycles. The molecule has 9 nitrogen and oxygen atoms in total. The molecule has 0 radical (unpaired) electrons. The summed E-state index contributed by atoms with van der Waals surface area (Å²) in [6, 6.07) is 0. The number of quaternary nitrogens is 1. The molecule has 57 heavy (non-hydrogen) atoms. The van der Waals surface area contributed by atoms with E-state index >= 15 is 0 Å². The second-order valence-electron chi connectivity index (χ2n) is 16.0. The molecule has 0 bridgehead atoms. The topological polar surface area (TPSA) is 111 Å². The quantitative estimate of drug-likeness (QED) is 0.0197. The largest absolute Gasteiger partial charge is 0.756 e. The molecule has 0 fully saturated rings. The van der Waals surface area contributed by atoms with Crippen molar-refractivity contribution in [3.05, 3.63) is 60.8 Å². The van der Waals surface area contributed by atoms with Gasteiger partial charge in [-0.2, -0.15) is 0 Å². The highest BCUT2D eigenvalue weighted by atomic mass is 31.2. The Balaban J connectivity index is 4.30. The van der Waals surface area contributed by atoms with Gasteiger partial charge >= 0.3 is 11.9 Å². The number of phosphoric ester groups is 1. The number of unbranched alkanes of at least 4 members (excludes halogenated alkanes) is 16. The standard InChI is InChI=1S/C47H84NO8P/c1-6-8-10-12-14-16-18-19-20-21-22-23-24-25-26-27-28-29-30-32-34-36-38-40-47(50)56-45(44-55-57(51,52)54-42-41-48(3,4)5)43-53-46(49)39-37-35-33-31-17-15-13-11-9-7-2/h8,10,14,16,19-20,22-23,25-26,45H,6-7,9,11-13,15,17-18,21,24,27-44H2,1-5H3/b10-8-,16-14-,20-19-,23-22-,26-25-. The van der Waals surface area contributed by atoms with Gasteiger partial charge < -0.3 is 27.9 Å². The lowest BCUT2D eigenvalue weighted by atomic mass is 10.1. The van der Waals surface area contributed by atoms with E-state index in [4.69, 9.17) is 18.5 Å². The molecule has 0 amide bonds. The highest BCUT2D eigenvalue weighted by Crippen LogP contribution is 2.38. The minimum Gasteiger partial charge on any atom is -0.756 e. The third-order valence-electron chi connectivity index (χ3n) is 9.30. The number of esters is 2. The summed E-state index contributed by atoms with van der Waals surface area (Å²) in [6.07, 6.45) is 46.8. The van der Waals surface area contributed by atoms with Crippen LogP contribution in [0.5, 0.6) is 0 Å². The van der Waals surface area contributed by atoms with E-state index in [1.54, 1.807) is 0 Å². The number of hydrogen-bond donors (Lipinski definition) is 0. The van der Waals surface area contributed by atoms with Gasteiger partial charge in [-0.1, -0.05) is 164 Å². The fraction of sp³-hybridized carbons (Fsp3) is 0.745. The van der Waals surface area contributed by atoms with Crippen molar-refractivity contribution in [3.8, 4) is 0 Å². The van der Waals surface area contributed by atoms with E-state index in [2.05, 4.69) is 74.6 Å². The van der Waals surface area contributed by atoms with Gasteiger partial charge in [0.1, 0.15) is 19.8 Å². The fourth-order valence-electron chi connectivity index (χ4n) is 5.80. The van der Waals surface area contributed by atoms with Gasteiger partial charge in [-0.3, -0.25) is 14.2 Å². The minimum absolute atomic E-state index is 0.0348. The van der Waals surface area contributed by atoms with Crippen LogP contribution in [0.25, 0.3) is 0 Å². The maximum atomic E-state index is 12.7. The molecule has 0 aliphatic carbocycles. The SMILES string of the molecule is CC/C=C\C/C=C\C/C=C\C/C=C\C/C=C\CCCCCCCCCC(=O)OC(COC(=O)CCCCCCCCCCCC)COP(=O)([O-])OCC[N+](C)(C)C. The van der Waals surface area contributed by atoms with Crippen LogP contribution in [0.3, 0.4) is 0 Å². The van der Waals surface area contributed by atoms with E-state index < -0.39 is 32.5 Å². The van der Waals surface area contributed by atoms with E-state index in [0.29, 0.717) is 17.4 Å². The van der Waals surface area contributed by atoms with Crippen LogP contribution in [-0.2, 0) is 32.7 Å². The average molecular weight is 822 g/mol. The number of rotatable bonds is 40. The van der Waals surface area contributed by atoms with Gasteiger partial charge in [0.25, 0.3) is 7.82 Å². The zero-order chi connectivity index (χ0) is 42.1. The Kier molecular flexibility index (Phi) is 37.6. The number of ether oxygens (including phenoxy) is 2. The van der Waals surface area contributed by atoms with Crippen LogP contribution < -0.4 is 4.89 Å². The number of allylic oxidation sites excluding steroid dienone is 10. The molecule has 330 valence electrons. The van der Waals surface area contributed by atoms with Crippen molar-refractivity contribution in [2.75, 3.05) is 47.5 Å². The third-order valence-corrected chi connectivity index (χ3v) is 10.3. The van der Waals surface area contributed by atoms with E-state index in [1.165, 1.54) is 64.2 Å². The molecule has 2 unspecified atom stereocenters. The predicted octanol–water partition coefficient (Wildman–Crippen LogP) is 12.2. The van der Waals surface area contributed by atoms with Crippen LogP contribution in [0.4, 0.5) is 0 Å². The number of carbonyl (C=O) groups is 2. The zero-order valence-corrected chi connectivity index (χ0v) is 37.9. The first-order valence-electron chi connectivity index (χ1n) is 22.5. The molecular weight excluding hydrogens is 737 g/mol. The van der Waals surface area contributed by atoms with Crippen LogP contribution in [0.15, 0.2) is 60.8 Å². The molecule has 0 aromatic heterocycles. The Labute approximate surface area is 349 Å². The van der Waals surface area contributed by atoms with E-state index in [1.807, 2.05) is 21.1 Å². The maximum Gasteiger partial charge on any atom is 0.306 e. The highest BCUT2D eigenvalue weighted by molar-refractivity contribution is 7.45. The second-order valence-corrected chi connectivity index (χ2v) is 17.4. The van der Waals surface area contributed by atoms with E-state index in [-0.39, 0.29) is 26.1 Å². The summed E-state index contributed by atoms with van der Waals surface area (Å²) in [6.45, 7) is 4.07. The van der Waals surface area contributed by atoms with Crippen molar-refractivity contribution in [2.24, 2.45) is 0 Å². The monoisotopic (exact) mass is 822 g/mol. The molecule has 0 saturated carbocycles. The Morgan fingerprint density at radius 1 is 0.561 bits per heavy atom. The smallest absolute Gasteiger partial charge is 0.306 e. The molecule has 0 saturated heterocycles. The van der Waals surface area contributed by atoms with Crippen LogP contribution in [0, 0.1) is 0 Å². The van der Waals surface area contributed by atoms with Crippen molar-refractivity contribution >= 4 is 19.8 Å². The second kappa shape index (κ2) is 39.2. The number of carbonyl (C=O) groups excluding carboxylic acids is 2. The van der Waals surface area contributed by atoms with Crippen molar-refractivity contribution in [1.29, 1.82) is 0 Å². The Bertz CT molecular complexity index is 1160. The summed E-state index contributed by atoms with van der Waals surface area (Å²) in [5, 5.41) is 0. The molecule has 0 spiro atoms. The van der Waals surface area contributed by atoms with Gasteiger partial charge in [0.2, 0.25) is 0 Å². The predicted molar refractivity (Wildman–Crippen MR) is 236 cm³/mol. The lowest BCUT2D eigenvalue weighted by Crippen LogP contribution is -2.37. The van der Waals surface area contributed by atoms with Gasteiger partial charge in [0.05, 0.1) is 27.7 Å². The van der Waals surface area contributed by atoms with Gasteiger partial charge in [0, 0.05) is 12.8 Å². The number of nitrogens with zero attached hydrogens (tertiary/aromatic N) is 1. The van der Waals surface area contributed by atoms with Crippen molar-refractivity contribution < 1.29 is 42.1 Å².